The Morgan fingerprint density at radius 3 is 2.45 bits per heavy atom. The molecule has 4 rings (SSSR count). The molecule has 0 unspecified atom stereocenters. The van der Waals surface area contributed by atoms with Crippen molar-refractivity contribution in [3.8, 4) is 0 Å². The second-order valence-electron chi connectivity index (χ2n) is 5.72. The third-order valence-electron chi connectivity index (χ3n) is 4.18. The van der Waals surface area contributed by atoms with Crippen LogP contribution in [-0.2, 0) is 12.8 Å². The number of hydrogen-bond donors (Lipinski definition) is 1. The van der Waals surface area contributed by atoms with Gasteiger partial charge in [0.25, 0.3) is 0 Å². The highest BCUT2D eigenvalue weighted by Gasteiger charge is 2.17. The highest BCUT2D eigenvalue weighted by atomic mass is 16.3. The van der Waals surface area contributed by atoms with Crippen molar-refractivity contribution in [1.82, 2.24) is 9.97 Å². The van der Waals surface area contributed by atoms with Crippen molar-refractivity contribution in [3.05, 3.63) is 59.2 Å². The number of ketones is 1. The Morgan fingerprint density at radius 2 is 1.68 bits per heavy atom. The van der Waals surface area contributed by atoms with E-state index in [1.54, 1.807) is 12.4 Å². The summed E-state index contributed by atoms with van der Waals surface area (Å²) in [5.74, 6) is 0.249. The summed E-state index contributed by atoms with van der Waals surface area (Å²) in [6, 6.07) is 7.53. The summed E-state index contributed by atoms with van der Waals surface area (Å²) < 4.78 is 0. The molecule has 2 aliphatic rings. The van der Waals surface area contributed by atoms with E-state index in [0.717, 1.165) is 54.6 Å². The average molecular weight is 296 g/mol. The molecule has 2 aromatic rings. The first-order valence-corrected chi connectivity index (χ1v) is 7.84. The van der Waals surface area contributed by atoms with Crippen molar-refractivity contribution < 1.29 is 9.90 Å². The van der Waals surface area contributed by atoms with E-state index >= 15 is 0 Å². The standard InChI is InChI=1S/C9H11NO.C9H9NO/c2*11-9-5-1-4-8-7(9)3-2-6-10-8/h2-3,6,9,11H,1,4-5H2;2-3,6H,1,4-5H2/t9-;/m1./s1. The molecule has 0 radical (unpaired) electrons. The van der Waals surface area contributed by atoms with Crippen molar-refractivity contribution in [2.24, 2.45) is 0 Å². The molecule has 22 heavy (non-hydrogen) atoms. The SMILES string of the molecule is O=C1CCCc2ncccc21.O[C@@H]1CCCc2ncccc21. The average Bonchev–Trinajstić information content (AvgIpc) is 2.57. The lowest BCUT2D eigenvalue weighted by molar-refractivity contribution is 0.0971. The number of aryl methyl sites for hydroxylation is 2. The summed E-state index contributed by atoms with van der Waals surface area (Å²) in [4.78, 5) is 19.6. The van der Waals surface area contributed by atoms with E-state index in [2.05, 4.69) is 9.97 Å². The summed E-state index contributed by atoms with van der Waals surface area (Å²) >= 11 is 0. The number of nitrogens with zero attached hydrogens (tertiary/aromatic N) is 2. The second-order valence-corrected chi connectivity index (χ2v) is 5.72. The third-order valence-corrected chi connectivity index (χ3v) is 4.18. The molecule has 2 aliphatic carbocycles. The number of hydrogen-bond acceptors (Lipinski definition) is 4. The van der Waals surface area contributed by atoms with Crippen LogP contribution in [0.2, 0.25) is 0 Å². The second kappa shape index (κ2) is 6.79. The fourth-order valence-electron chi connectivity index (χ4n) is 3.02. The van der Waals surface area contributed by atoms with Crippen LogP contribution >= 0.6 is 0 Å². The van der Waals surface area contributed by atoms with Gasteiger partial charge in [-0.05, 0) is 50.3 Å². The summed E-state index contributed by atoms with van der Waals surface area (Å²) in [6.45, 7) is 0. The van der Waals surface area contributed by atoms with Gasteiger partial charge in [0.15, 0.2) is 5.78 Å². The van der Waals surface area contributed by atoms with E-state index in [1.165, 1.54) is 0 Å². The van der Waals surface area contributed by atoms with Crippen LogP contribution in [0.1, 0.15) is 59.1 Å². The van der Waals surface area contributed by atoms with Gasteiger partial charge in [0.2, 0.25) is 0 Å². The number of rotatable bonds is 0. The van der Waals surface area contributed by atoms with Crippen molar-refractivity contribution >= 4 is 5.78 Å². The Hall–Kier alpha value is -2.07. The molecule has 2 aromatic heterocycles. The van der Waals surface area contributed by atoms with E-state index < -0.39 is 0 Å². The van der Waals surface area contributed by atoms with Gasteiger partial charge in [-0.25, -0.2) is 0 Å². The fourth-order valence-corrected chi connectivity index (χ4v) is 3.02. The minimum absolute atomic E-state index is 0.249. The van der Waals surface area contributed by atoms with E-state index in [-0.39, 0.29) is 11.9 Å². The highest BCUT2D eigenvalue weighted by molar-refractivity contribution is 5.97. The Kier molecular flexibility index (Phi) is 4.59. The first kappa shape index (κ1) is 14.9. The lowest BCUT2D eigenvalue weighted by atomic mass is 9.94. The van der Waals surface area contributed by atoms with Gasteiger partial charge < -0.3 is 5.11 Å². The molecule has 114 valence electrons. The lowest BCUT2D eigenvalue weighted by Gasteiger charge is -2.19. The zero-order valence-corrected chi connectivity index (χ0v) is 12.5. The van der Waals surface area contributed by atoms with Crippen LogP contribution in [0.5, 0.6) is 0 Å². The van der Waals surface area contributed by atoms with Gasteiger partial charge >= 0.3 is 0 Å². The molecule has 1 atom stereocenters. The summed E-state index contributed by atoms with van der Waals surface area (Å²) in [6.07, 6.45) is 8.85. The number of aromatic nitrogens is 2. The maximum atomic E-state index is 11.2. The summed E-state index contributed by atoms with van der Waals surface area (Å²) in [7, 11) is 0. The number of carbonyl (C=O) groups is 1. The van der Waals surface area contributed by atoms with Crippen LogP contribution in [0.4, 0.5) is 0 Å². The summed E-state index contributed by atoms with van der Waals surface area (Å²) in [5, 5.41) is 9.52. The number of fused-ring (bicyclic) bond motifs is 2. The number of Topliss-reactive ketones (excluding diaryl/α,β-unsaturated/α-hetero) is 1. The van der Waals surface area contributed by atoms with Gasteiger partial charge in [0.1, 0.15) is 0 Å². The van der Waals surface area contributed by atoms with E-state index in [0.29, 0.717) is 6.42 Å². The molecule has 4 heteroatoms. The van der Waals surface area contributed by atoms with Gasteiger partial charge in [-0.15, -0.1) is 0 Å². The van der Waals surface area contributed by atoms with Crippen LogP contribution in [0.15, 0.2) is 36.7 Å². The van der Waals surface area contributed by atoms with Crippen molar-refractivity contribution in [1.29, 1.82) is 0 Å². The highest BCUT2D eigenvalue weighted by Crippen LogP contribution is 2.27. The zero-order chi connectivity index (χ0) is 15.4. The monoisotopic (exact) mass is 296 g/mol. The molecule has 2 heterocycles. The molecule has 1 N–H and O–H groups in total. The van der Waals surface area contributed by atoms with Gasteiger partial charge in [0, 0.05) is 35.6 Å². The van der Waals surface area contributed by atoms with Gasteiger partial charge in [-0.2, -0.15) is 0 Å². The van der Waals surface area contributed by atoms with Crippen molar-refractivity contribution in [3.63, 3.8) is 0 Å². The predicted octanol–water partition coefficient (Wildman–Crippen LogP) is 3.05. The molecule has 4 nitrogen and oxygen atoms in total. The van der Waals surface area contributed by atoms with Crippen LogP contribution < -0.4 is 0 Å². The molecule has 0 bridgehead atoms. The Morgan fingerprint density at radius 1 is 0.955 bits per heavy atom. The maximum absolute atomic E-state index is 11.2. The molecule has 0 aliphatic heterocycles. The smallest absolute Gasteiger partial charge is 0.164 e. The molecule has 0 saturated carbocycles. The van der Waals surface area contributed by atoms with Crippen LogP contribution in [-0.4, -0.2) is 20.9 Å². The normalized spacial score (nSPS) is 19.5. The van der Waals surface area contributed by atoms with Gasteiger partial charge in [-0.1, -0.05) is 6.07 Å². The fraction of sp³-hybridized carbons (Fsp3) is 0.389. The number of pyridine rings is 2. The van der Waals surface area contributed by atoms with E-state index in [4.69, 9.17) is 0 Å². The molecule has 0 aromatic carbocycles. The summed E-state index contributed by atoms with van der Waals surface area (Å²) in [5.41, 5.74) is 3.91. The molecule has 0 fully saturated rings. The minimum Gasteiger partial charge on any atom is -0.388 e. The predicted molar refractivity (Wildman–Crippen MR) is 83.6 cm³/mol. The number of carbonyl (C=O) groups excluding carboxylic acids is 1. The Labute approximate surface area is 130 Å². The molecular formula is C18H20N2O2. The Bertz CT molecular complexity index is 670. The number of aliphatic hydroxyl groups is 1. The third kappa shape index (κ3) is 3.22. The van der Waals surface area contributed by atoms with Crippen LogP contribution in [0.3, 0.4) is 0 Å². The first-order chi connectivity index (χ1) is 10.8. The van der Waals surface area contributed by atoms with Crippen LogP contribution in [0, 0.1) is 0 Å². The largest absolute Gasteiger partial charge is 0.388 e. The maximum Gasteiger partial charge on any atom is 0.164 e. The van der Waals surface area contributed by atoms with Crippen molar-refractivity contribution in [2.45, 2.75) is 44.6 Å². The Balaban J connectivity index is 0.000000131. The lowest BCUT2D eigenvalue weighted by Crippen LogP contribution is -2.11. The molecule has 0 saturated heterocycles. The van der Waals surface area contributed by atoms with Gasteiger partial charge in [-0.3, -0.25) is 14.8 Å². The first-order valence-electron chi connectivity index (χ1n) is 7.84. The molecule has 0 spiro atoms. The number of aliphatic hydroxyl groups excluding tert-OH is 1. The quantitative estimate of drug-likeness (QED) is 0.811. The van der Waals surface area contributed by atoms with Crippen LogP contribution in [0.25, 0.3) is 0 Å². The minimum atomic E-state index is -0.271. The molecular weight excluding hydrogens is 276 g/mol. The topological polar surface area (TPSA) is 63.1 Å². The van der Waals surface area contributed by atoms with E-state index in [9.17, 15) is 9.90 Å². The van der Waals surface area contributed by atoms with Gasteiger partial charge in [0.05, 0.1) is 11.8 Å². The zero-order valence-electron chi connectivity index (χ0n) is 12.5. The molecule has 0 amide bonds. The van der Waals surface area contributed by atoms with E-state index in [1.807, 2.05) is 24.3 Å². The van der Waals surface area contributed by atoms with Crippen molar-refractivity contribution in [2.75, 3.05) is 0 Å².